The molecular formula is C17H12Cl2F6N2O. The Hall–Kier alpha value is -2.13. The SMILES string of the molecule is CC.Fc1cc(Cl)c(OC(F)F)cc1-c1c(Cl)cc(C(F)(F)F)n2ccnc12. The van der Waals surface area contributed by atoms with Gasteiger partial charge in [-0.3, -0.25) is 4.40 Å². The van der Waals surface area contributed by atoms with Crippen molar-refractivity contribution in [3.63, 3.8) is 0 Å². The first-order valence-corrected chi connectivity index (χ1v) is 8.52. The lowest BCUT2D eigenvalue weighted by Gasteiger charge is -2.15. The van der Waals surface area contributed by atoms with E-state index in [4.69, 9.17) is 23.2 Å². The van der Waals surface area contributed by atoms with E-state index in [-0.39, 0.29) is 16.8 Å². The number of rotatable bonds is 3. The van der Waals surface area contributed by atoms with Crippen molar-refractivity contribution in [1.29, 1.82) is 0 Å². The molecule has 3 rings (SSSR count). The molecule has 2 heterocycles. The van der Waals surface area contributed by atoms with Crippen LogP contribution in [0.25, 0.3) is 16.8 Å². The van der Waals surface area contributed by atoms with Gasteiger partial charge in [-0.25, -0.2) is 9.37 Å². The maximum absolute atomic E-state index is 14.4. The molecule has 0 atom stereocenters. The fourth-order valence-electron chi connectivity index (χ4n) is 2.43. The van der Waals surface area contributed by atoms with Crippen LogP contribution in [0.5, 0.6) is 5.75 Å². The lowest BCUT2D eigenvalue weighted by molar-refractivity contribution is -0.142. The molecular weight excluding hydrogens is 433 g/mol. The molecule has 0 aliphatic rings. The first-order valence-electron chi connectivity index (χ1n) is 7.76. The number of hydrogen-bond donors (Lipinski definition) is 0. The van der Waals surface area contributed by atoms with Crippen LogP contribution in [0.15, 0.2) is 30.6 Å². The Morgan fingerprint density at radius 1 is 1.07 bits per heavy atom. The highest BCUT2D eigenvalue weighted by atomic mass is 35.5. The summed E-state index contributed by atoms with van der Waals surface area (Å²) in [5.74, 6) is -1.55. The Bertz CT molecular complexity index is 988. The number of nitrogens with zero attached hydrogens (tertiary/aromatic N) is 2. The van der Waals surface area contributed by atoms with E-state index in [0.29, 0.717) is 16.5 Å². The topological polar surface area (TPSA) is 26.5 Å². The Labute approximate surface area is 165 Å². The van der Waals surface area contributed by atoms with Crippen LogP contribution in [-0.4, -0.2) is 16.0 Å². The summed E-state index contributed by atoms with van der Waals surface area (Å²) in [6.07, 6.45) is -2.67. The molecule has 0 saturated carbocycles. The van der Waals surface area contributed by atoms with E-state index in [0.717, 1.165) is 18.5 Å². The molecule has 0 radical (unpaired) electrons. The van der Waals surface area contributed by atoms with Gasteiger partial charge in [0.15, 0.2) is 0 Å². The zero-order valence-electron chi connectivity index (χ0n) is 14.3. The predicted octanol–water partition coefficient (Wildman–Crippen LogP) is 7.09. The van der Waals surface area contributed by atoms with Gasteiger partial charge in [0.2, 0.25) is 0 Å². The molecule has 0 aliphatic carbocycles. The Morgan fingerprint density at radius 2 is 1.71 bits per heavy atom. The molecule has 0 aliphatic heterocycles. The van der Waals surface area contributed by atoms with E-state index >= 15 is 0 Å². The summed E-state index contributed by atoms with van der Waals surface area (Å²) in [5, 5.41) is -0.908. The zero-order valence-corrected chi connectivity index (χ0v) is 15.8. The van der Waals surface area contributed by atoms with Crippen LogP contribution < -0.4 is 4.74 Å². The van der Waals surface area contributed by atoms with Crippen LogP contribution in [0.4, 0.5) is 26.3 Å². The number of halogens is 8. The maximum atomic E-state index is 14.4. The quantitative estimate of drug-likeness (QED) is 0.403. The van der Waals surface area contributed by atoms with Crippen LogP contribution in [0.3, 0.4) is 0 Å². The molecule has 3 aromatic rings. The van der Waals surface area contributed by atoms with Crippen molar-refractivity contribution in [3.05, 3.63) is 52.1 Å². The van der Waals surface area contributed by atoms with Gasteiger partial charge in [-0.15, -0.1) is 0 Å². The van der Waals surface area contributed by atoms with E-state index in [1.54, 1.807) is 0 Å². The minimum atomic E-state index is -4.75. The normalized spacial score (nSPS) is 11.5. The number of hydrogen-bond acceptors (Lipinski definition) is 2. The smallest absolute Gasteiger partial charge is 0.431 e. The summed E-state index contributed by atoms with van der Waals surface area (Å²) in [7, 11) is 0. The van der Waals surface area contributed by atoms with Gasteiger partial charge in [-0.2, -0.15) is 22.0 Å². The number of benzene rings is 1. The Morgan fingerprint density at radius 3 is 2.29 bits per heavy atom. The average molecular weight is 445 g/mol. The average Bonchev–Trinajstić information content (AvgIpc) is 3.07. The van der Waals surface area contributed by atoms with Crippen molar-refractivity contribution in [2.24, 2.45) is 0 Å². The van der Waals surface area contributed by atoms with E-state index < -0.39 is 40.1 Å². The summed E-state index contributed by atoms with van der Waals surface area (Å²) in [6, 6.07) is 2.11. The van der Waals surface area contributed by atoms with Crippen LogP contribution in [-0.2, 0) is 6.18 Å². The second-order valence-corrected chi connectivity index (χ2v) is 5.83. The van der Waals surface area contributed by atoms with Crippen LogP contribution in [0, 0.1) is 5.82 Å². The van der Waals surface area contributed by atoms with Gasteiger partial charge < -0.3 is 4.74 Å². The maximum Gasteiger partial charge on any atom is 0.431 e. The third-order valence-electron chi connectivity index (χ3n) is 3.42. The molecule has 3 nitrogen and oxygen atoms in total. The van der Waals surface area contributed by atoms with Crippen molar-refractivity contribution in [2.75, 3.05) is 0 Å². The highest BCUT2D eigenvalue weighted by molar-refractivity contribution is 6.34. The number of alkyl halides is 5. The molecule has 0 amide bonds. The fourth-order valence-corrected chi connectivity index (χ4v) is 2.91. The number of aromatic nitrogens is 2. The largest absolute Gasteiger partial charge is 0.433 e. The lowest BCUT2D eigenvalue weighted by Crippen LogP contribution is -2.12. The van der Waals surface area contributed by atoms with Gasteiger partial charge in [0, 0.05) is 23.5 Å². The number of pyridine rings is 1. The highest BCUT2D eigenvalue weighted by Crippen LogP contribution is 2.41. The first kappa shape index (κ1) is 22.2. The molecule has 0 N–H and O–H groups in total. The molecule has 0 fully saturated rings. The molecule has 11 heteroatoms. The summed E-state index contributed by atoms with van der Waals surface area (Å²) < 4.78 is 83.6. The third-order valence-corrected chi connectivity index (χ3v) is 4.02. The summed E-state index contributed by atoms with van der Waals surface area (Å²) in [5.41, 5.74) is -2.05. The van der Waals surface area contributed by atoms with Crippen LogP contribution >= 0.6 is 23.2 Å². The fraction of sp³-hybridized carbons (Fsp3) is 0.235. The van der Waals surface area contributed by atoms with Gasteiger partial charge in [0.05, 0.1) is 10.0 Å². The van der Waals surface area contributed by atoms with Crippen LogP contribution in [0.2, 0.25) is 10.0 Å². The van der Waals surface area contributed by atoms with Crippen molar-refractivity contribution in [3.8, 4) is 16.9 Å². The Kier molecular flexibility index (Phi) is 6.71. The zero-order chi connectivity index (χ0) is 21.2. The second kappa shape index (κ2) is 8.48. The van der Waals surface area contributed by atoms with E-state index in [1.165, 1.54) is 0 Å². The summed E-state index contributed by atoms with van der Waals surface area (Å²) >= 11 is 11.6. The van der Waals surface area contributed by atoms with Gasteiger partial charge >= 0.3 is 12.8 Å². The first-order chi connectivity index (χ1) is 13.1. The molecule has 28 heavy (non-hydrogen) atoms. The predicted molar refractivity (Wildman–Crippen MR) is 93.6 cm³/mol. The number of imidazole rings is 1. The van der Waals surface area contributed by atoms with Crippen molar-refractivity contribution in [2.45, 2.75) is 26.6 Å². The van der Waals surface area contributed by atoms with Gasteiger partial charge in [-0.1, -0.05) is 37.0 Å². The van der Waals surface area contributed by atoms with Crippen molar-refractivity contribution >= 4 is 28.8 Å². The third kappa shape index (κ3) is 4.30. The number of ether oxygens (including phenoxy) is 1. The minimum Gasteiger partial charge on any atom is -0.433 e. The molecule has 0 spiro atoms. The van der Waals surface area contributed by atoms with E-state index in [1.807, 2.05) is 13.8 Å². The lowest BCUT2D eigenvalue weighted by atomic mass is 10.0. The van der Waals surface area contributed by atoms with E-state index in [9.17, 15) is 26.3 Å². The monoisotopic (exact) mass is 444 g/mol. The molecule has 1 aromatic carbocycles. The van der Waals surface area contributed by atoms with E-state index in [2.05, 4.69) is 9.72 Å². The van der Waals surface area contributed by atoms with Gasteiger partial charge in [0.25, 0.3) is 0 Å². The van der Waals surface area contributed by atoms with Crippen LogP contribution in [0.1, 0.15) is 19.5 Å². The highest BCUT2D eigenvalue weighted by Gasteiger charge is 2.35. The molecule has 0 saturated heterocycles. The summed E-state index contributed by atoms with van der Waals surface area (Å²) in [6.45, 7) is 0.764. The standard InChI is InChI=1S/C15H6Cl2F6N2O.C2H6/c16-7-4-9(18)6(3-10(7)26-14(19)20)12-8(17)5-11(15(21,22)23)25-2-1-24-13(12)25;1-2/h1-5,14H;1-2H3. The molecule has 0 bridgehead atoms. The summed E-state index contributed by atoms with van der Waals surface area (Å²) in [4.78, 5) is 3.77. The molecule has 152 valence electrons. The molecule has 0 unspecified atom stereocenters. The van der Waals surface area contributed by atoms with Gasteiger partial charge in [0.1, 0.15) is 22.9 Å². The molecule has 2 aromatic heterocycles. The minimum absolute atomic E-state index is 0.224. The van der Waals surface area contributed by atoms with Crippen molar-refractivity contribution in [1.82, 2.24) is 9.38 Å². The second-order valence-electron chi connectivity index (χ2n) is 5.01. The number of fused-ring (bicyclic) bond motifs is 1. The van der Waals surface area contributed by atoms with Gasteiger partial charge in [-0.05, 0) is 18.2 Å². The van der Waals surface area contributed by atoms with Crippen molar-refractivity contribution < 1.29 is 31.1 Å². The Balaban J connectivity index is 0.00000136.